The smallest absolute Gasteiger partial charge is 0.351 e. The molecule has 0 atom stereocenters. The molecule has 0 bridgehead atoms. The van der Waals surface area contributed by atoms with E-state index in [4.69, 9.17) is 14.2 Å². The summed E-state index contributed by atoms with van der Waals surface area (Å²) in [5.41, 5.74) is -0.593. The molecule has 0 aliphatic rings. The number of fused-ring (bicyclic) bond motifs is 1. The maximum Gasteiger partial charge on any atom is 0.351 e. The standard InChI is InChI=1S/C15H17NO5S/c1-15(2,3)21-10(17)8-20-11-9-6-5-7-16-13(9)22-12(11)14(18)19-4/h5-7H,8H2,1-4H3. The van der Waals surface area contributed by atoms with Crippen molar-refractivity contribution < 1.29 is 23.8 Å². The van der Waals surface area contributed by atoms with E-state index >= 15 is 0 Å². The van der Waals surface area contributed by atoms with Crippen LogP contribution in [0.25, 0.3) is 10.2 Å². The Labute approximate surface area is 132 Å². The van der Waals surface area contributed by atoms with Gasteiger partial charge in [0.1, 0.15) is 10.4 Å². The van der Waals surface area contributed by atoms with Crippen molar-refractivity contribution in [2.24, 2.45) is 0 Å². The lowest BCUT2D eigenvalue weighted by atomic mass is 10.2. The summed E-state index contributed by atoms with van der Waals surface area (Å²) in [6, 6.07) is 3.51. The van der Waals surface area contributed by atoms with Crippen molar-refractivity contribution in [2.45, 2.75) is 26.4 Å². The van der Waals surface area contributed by atoms with Gasteiger partial charge < -0.3 is 14.2 Å². The van der Waals surface area contributed by atoms with Crippen molar-refractivity contribution in [3.8, 4) is 5.75 Å². The second-order valence-corrected chi connectivity index (χ2v) is 6.48. The Kier molecular flexibility index (Phi) is 4.65. The molecule has 2 aromatic rings. The molecule has 118 valence electrons. The number of esters is 2. The maximum absolute atomic E-state index is 11.8. The van der Waals surface area contributed by atoms with Crippen LogP contribution in [0.5, 0.6) is 5.75 Å². The van der Waals surface area contributed by atoms with Gasteiger partial charge in [-0.3, -0.25) is 0 Å². The lowest BCUT2D eigenvalue weighted by Gasteiger charge is -2.19. The number of carbonyl (C=O) groups is 2. The molecule has 0 spiro atoms. The molecule has 0 N–H and O–H groups in total. The summed E-state index contributed by atoms with van der Waals surface area (Å²) in [5.74, 6) is -0.737. The lowest BCUT2D eigenvalue weighted by molar-refractivity contribution is -0.157. The van der Waals surface area contributed by atoms with Crippen LogP contribution in [0.15, 0.2) is 18.3 Å². The fourth-order valence-electron chi connectivity index (χ4n) is 1.78. The minimum Gasteiger partial charge on any atom is -0.479 e. The van der Waals surface area contributed by atoms with Gasteiger partial charge in [0.25, 0.3) is 0 Å². The van der Waals surface area contributed by atoms with Gasteiger partial charge in [-0.2, -0.15) is 0 Å². The van der Waals surface area contributed by atoms with Gasteiger partial charge in [-0.15, -0.1) is 11.3 Å². The Morgan fingerprint density at radius 1 is 1.32 bits per heavy atom. The predicted molar refractivity (Wildman–Crippen MR) is 82.3 cm³/mol. The van der Waals surface area contributed by atoms with Gasteiger partial charge in [-0.25, -0.2) is 14.6 Å². The Morgan fingerprint density at radius 2 is 2.05 bits per heavy atom. The minimum absolute atomic E-state index is 0.278. The van der Waals surface area contributed by atoms with E-state index in [0.29, 0.717) is 16.0 Å². The number of rotatable bonds is 4. The average molecular weight is 323 g/mol. The molecule has 7 heteroatoms. The van der Waals surface area contributed by atoms with Crippen molar-refractivity contribution in [1.82, 2.24) is 4.98 Å². The molecular formula is C15H17NO5S. The molecule has 0 saturated carbocycles. The normalized spacial score (nSPS) is 11.3. The minimum atomic E-state index is -0.593. The van der Waals surface area contributed by atoms with Gasteiger partial charge in [-0.1, -0.05) is 0 Å². The molecule has 0 fully saturated rings. The SMILES string of the molecule is COC(=O)c1sc2ncccc2c1OCC(=O)OC(C)(C)C. The van der Waals surface area contributed by atoms with Gasteiger partial charge in [0.2, 0.25) is 0 Å². The first kappa shape index (κ1) is 16.2. The van der Waals surface area contributed by atoms with Crippen molar-refractivity contribution >= 4 is 33.5 Å². The molecular weight excluding hydrogens is 306 g/mol. The summed E-state index contributed by atoms with van der Waals surface area (Å²) in [6.45, 7) is 5.03. The molecule has 0 aliphatic carbocycles. The molecule has 0 amide bonds. The molecule has 0 radical (unpaired) electrons. The van der Waals surface area contributed by atoms with Crippen molar-refractivity contribution in [3.05, 3.63) is 23.2 Å². The zero-order chi connectivity index (χ0) is 16.3. The molecule has 0 unspecified atom stereocenters. The van der Waals surface area contributed by atoms with E-state index in [1.54, 1.807) is 39.1 Å². The van der Waals surface area contributed by atoms with Crippen LogP contribution >= 0.6 is 11.3 Å². The monoisotopic (exact) mass is 323 g/mol. The highest BCUT2D eigenvalue weighted by atomic mass is 32.1. The first-order chi connectivity index (χ1) is 10.3. The number of carbonyl (C=O) groups excluding carboxylic acids is 2. The first-order valence-electron chi connectivity index (χ1n) is 6.62. The van der Waals surface area contributed by atoms with Crippen LogP contribution in [0.4, 0.5) is 0 Å². The Hall–Kier alpha value is -2.15. The molecule has 2 heterocycles. The highest BCUT2D eigenvalue weighted by molar-refractivity contribution is 7.20. The number of nitrogens with zero attached hydrogens (tertiary/aromatic N) is 1. The van der Waals surface area contributed by atoms with Crippen LogP contribution < -0.4 is 4.74 Å². The third-order valence-corrected chi connectivity index (χ3v) is 3.62. The van der Waals surface area contributed by atoms with E-state index in [2.05, 4.69) is 4.98 Å². The third kappa shape index (κ3) is 3.73. The Bertz CT molecular complexity index is 702. The molecule has 6 nitrogen and oxygen atoms in total. The van der Waals surface area contributed by atoms with Crippen molar-refractivity contribution in [2.75, 3.05) is 13.7 Å². The van der Waals surface area contributed by atoms with Crippen molar-refractivity contribution in [3.63, 3.8) is 0 Å². The number of thiophene rings is 1. The zero-order valence-electron chi connectivity index (χ0n) is 12.8. The van der Waals surface area contributed by atoms with E-state index in [0.717, 1.165) is 11.3 Å². The quantitative estimate of drug-likeness (QED) is 0.805. The first-order valence-corrected chi connectivity index (χ1v) is 7.44. The van der Waals surface area contributed by atoms with Gasteiger partial charge in [0, 0.05) is 6.20 Å². The van der Waals surface area contributed by atoms with Crippen LogP contribution in [0, 0.1) is 0 Å². The third-order valence-electron chi connectivity index (χ3n) is 2.55. The summed E-state index contributed by atoms with van der Waals surface area (Å²) in [7, 11) is 1.29. The van der Waals surface area contributed by atoms with E-state index in [1.165, 1.54) is 7.11 Å². The van der Waals surface area contributed by atoms with Crippen LogP contribution in [-0.2, 0) is 14.3 Å². The predicted octanol–water partition coefficient (Wildman–Crippen LogP) is 2.80. The van der Waals surface area contributed by atoms with E-state index in [9.17, 15) is 9.59 Å². The highest BCUT2D eigenvalue weighted by Gasteiger charge is 2.23. The van der Waals surface area contributed by atoms with Crippen LogP contribution in [-0.4, -0.2) is 36.2 Å². The topological polar surface area (TPSA) is 74.7 Å². The second-order valence-electron chi connectivity index (χ2n) is 5.48. The summed E-state index contributed by atoms with van der Waals surface area (Å²) >= 11 is 1.16. The number of pyridine rings is 1. The summed E-state index contributed by atoms with van der Waals surface area (Å²) in [5, 5.41) is 0.663. The zero-order valence-corrected chi connectivity index (χ0v) is 13.7. The summed E-state index contributed by atoms with van der Waals surface area (Å²) in [4.78, 5) is 28.7. The Morgan fingerprint density at radius 3 is 2.68 bits per heavy atom. The highest BCUT2D eigenvalue weighted by Crippen LogP contribution is 2.37. The maximum atomic E-state index is 11.8. The molecule has 0 aliphatic heterocycles. The molecule has 2 rings (SSSR count). The van der Waals surface area contributed by atoms with Crippen LogP contribution in [0.3, 0.4) is 0 Å². The lowest BCUT2D eigenvalue weighted by Crippen LogP contribution is -2.27. The van der Waals surface area contributed by atoms with Crippen molar-refractivity contribution in [1.29, 1.82) is 0 Å². The van der Waals surface area contributed by atoms with Gasteiger partial charge in [-0.05, 0) is 32.9 Å². The number of aromatic nitrogens is 1. The average Bonchev–Trinajstić information content (AvgIpc) is 2.81. The number of methoxy groups -OCH3 is 1. The van der Waals surface area contributed by atoms with Crippen LogP contribution in [0.2, 0.25) is 0 Å². The fraction of sp³-hybridized carbons (Fsp3) is 0.400. The number of hydrogen-bond donors (Lipinski definition) is 0. The fourth-order valence-corrected chi connectivity index (χ4v) is 2.79. The van der Waals surface area contributed by atoms with E-state index in [-0.39, 0.29) is 11.5 Å². The molecule has 0 aromatic carbocycles. The van der Waals surface area contributed by atoms with E-state index in [1.807, 2.05) is 0 Å². The Balaban J connectivity index is 2.25. The largest absolute Gasteiger partial charge is 0.479 e. The number of hydrogen-bond acceptors (Lipinski definition) is 7. The molecule has 0 saturated heterocycles. The van der Waals surface area contributed by atoms with E-state index < -0.39 is 17.5 Å². The van der Waals surface area contributed by atoms with Gasteiger partial charge in [0.15, 0.2) is 17.2 Å². The van der Waals surface area contributed by atoms with Crippen LogP contribution in [0.1, 0.15) is 30.4 Å². The van der Waals surface area contributed by atoms with Gasteiger partial charge >= 0.3 is 11.9 Å². The summed E-state index contributed by atoms with van der Waals surface area (Å²) < 4.78 is 15.4. The molecule has 22 heavy (non-hydrogen) atoms. The summed E-state index contributed by atoms with van der Waals surface area (Å²) in [6.07, 6.45) is 1.62. The van der Waals surface area contributed by atoms with Gasteiger partial charge in [0.05, 0.1) is 12.5 Å². The number of ether oxygens (including phenoxy) is 3. The molecule has 2 aromatic heterocycles. The second kappa shape index (κ2) is 6.31.